The average molecular weight is 324 g/mol. The average Bonchev–Trinajstić information content (AvgIpc) is 2.50. The first kappa shape index (κ1) is 18.9. The zero-order valence-corrected chi connectivity index (χ0v) is 15.1. The van der Waals surface area contributed by atoms with Gasteiger partial charge in [-0.1, -0.05) is 31.5 Å². The molecule has 1 aromatic rings. The third kappa shape index (κ3) is 5.90. The molecule has 22 heavy (non-hydrogen) atoms. The Labute approximate surface area is 140 Å². The van der Waals surface area contributed by atoms with Crippen LogP contribution >= 0.6 is 11.6 Å². The first-order chi connectivity index (χ1) is 10.5. The fourth-order valence-electron chi connectivity index (χ4n) is 2.59. The molecule has 1 rings (SSSR count). The molecule has 124 valence electrons. The summed E-state index contributed by atoms with van der Waals surface area (Å²) in [5.41, 5.74) is 8.88. The molecule has 3 nitrogen and oxygen atoms in total. The van der Waals surface area contributed by atoms with E-state index in [1.165, 1.54) is 6.42 Å². The highest BCUT2D eigenvalue weighted by molar-refractivity contribution is 6.30. The van der Waals surface area contributed by atoms with Crippen molar-refractivity contribution in [2.45, 2.75) is 46.6 Å². The molecule has 0 saturated heterocycles. The summed E-state index contributed by atoms with van der Waals surface area (Å²) in [7, 11) is 0. The molecule has 0 heterocycles. The van der Waals surface area contributed by atoms with Crippen molar-refractivity contribution >= 4 is 23.0 Å². The highest BCUT2D eigenvalue weighted by Crippen LogP contribution is 2.24. The predicted octanol–water partition coefficient (Wildman–Crippen LogP) is 4.38. The van der Waals surface area contributed by atoms with Crippen LogP contribution in [0.4, 0.5) is 5.69 Å². The Hall–Kier alpha value is -1.19. The molecule has 0 aliphatic heterocycles. The first-order valence-corrected chi connectivity index (χ1v) is 8.60. The van der Waals surface area contributed by atoms with Crippen LogP contribution in [0.3, 0.4) is 0 Å². The number of benzene rings is 1. The SMILES string of the molecule is C/C=C(/NC(C)CCCN(CC)CC)c1ccc(Cl)cc1N. The molecule has 1 aromatic carbocycles. The van der Waals surface area contributed by atoms with E-state index in [2.05, 4.69) is 37.1 Å². The molecule has 4 heteroatoms. The second kappa shape index (κ2) is 9.75. The van der Waals surface area contributed by atoms with Crippen molar-refractivity contribution in [1.29, 1.82) is 0 Å². The number of rotatable bonds is 9. The normalized spacial score (nSPS) is 13.5. The van der Waals surface area contributed by atoms with Crippen LogP contribution < -0.4 is 11.1 Å². The van der Waals surface area contributed by atoms with E-state index in [-0.39, 0.29) is 0 Å². The maximum atomic E-state index is 6.08. The molecule has 3 N–H and O–H groups in total. The summed E-state index contributed by atoms with van der Waals surface area (Å²) in [4.78, 5) is 2.46. The smallest absolute Gasteiger partial charge is 0.0426 e. The maximum absolute atomic E-state index is 6.08. The molecule has 0 saturated carbocycles. The van der Waals surface area contributed by atoms with Gasteiger partial charge in [0.05, 0.1) is 0 Å². The largest absolute Gasteiger partial charge is 0.398 e. The minimum Gasteiger partial charge on any atom is -0.398 e. The van der Waals surface area contributed by atoms with Gasteiger partial charge in [0.2, 0.25) is 0 Å². The van der Waals surface area contributed by atoms with Crippen LogP contribution in [0.5, 0.6) is 0 Å². The molecule has 0 bridgehead atoms. The van der Waals surface area contributed by atoms with Crippen LogP contribution in [0.2, 0.25) is 5.02 Å². The zero-order chi connectivity index (χ0) is 16.5. The molecular weight excluding hydrogens is 294 g/mol. The summed E-state index contributed by atoms with van der Waals surface area (Å²) in [5.74, 6) is 0. The summed E-state index contributed by atoms with van der Waals surface area (Å²) in [5, 5.41) is 4.24. The van der Waals surface area contributed by atoms with E-state index in [4.69, 9.17) is 17.3 Å². The molecule has 1 unspecified atom stereocenters. The number of nitrogens with zero attached hydrogens (tertiary/aromatic N) is 1. The molecule has 0 fully saturated rings. The molecular formula is C18H30ClN3. The minimum absolute atomic E-state index is 0.414. The Kier molecular flexibility index (Phi) is 8.36. The van der Waals surface area contributed by atoms with Crippen molar-refractivity contribution in [1.82, 2.24) is 10.2 Å². The summed E-state index contributed by atoms with van der Waals surface area (Å²) in [6.45, 7) is 12.1. The van der Waals surface area contributed by atoms with Gasteiger partial charge < -0.3 is 16.0 Å². The second-order valence-corrected chi connectivity index (χ2v) is 6.08. The van der Waals surface area contributed by atoms with Crippen molar-refractivity contribution in [2.75, 3.05) is 25.4 Å². The van der Waals surface area contributed by atoms with Crippen LogP contribution in [0.15, 0.2) is 24.3 Å². The lowest BCUT2D eigenvalue weighted by Gasteiger charge is -2.22. The number of allylic oxidation sites excluding steroid dienone is 1. The van der Waals surface area contributed by atoms with Crippen molar-refractivity contribution < 1.29 is 0 Å². The van der Waals surface area contributed by atoms with Gasteiger partial charge in [0, 0.05) is 28.0 Å². The third-order valence-corrected chi connectivity index (χ3v) is 4.24. The third-order valence-electron chi connectivity index (χ3n) is 4.00. The standard InChI is InChI=1S/C18H30ClN3/c1-5-18(16-11-10-15(19)13-17(16)20)21-14(4)9-8-12-22(6-2)7-3/h5,10-11,13-14,21H,6-9,12,20H2,1-4H3/b18-5+. The molecule has 0 aromatic heterocycles. The van der Waals surface area contributed by atoms with Gasteiger partial charge in [-0.25, -0.2) is 0 Å². The second-order valence-electron chi connectivity index (χ2n) is 5.65. The summed E-state index contributed by atoms with van der Waals surface area (Å²) >= 11 is 5.97. The van der Waals surface area contributed by atoms with Crippen molar-refractivity contribution in [3.63, 3.8) is 0 Å². The van der Waals surface area contributed by atoms with E-state index < -0.39 is 0 Å². The maximum Gasteiger partial charge on any atom is 0.0426 e. The fourth-order valence-corrected chi connectivity index (χ4v) is 2.77. The van der Waals surface area contributed by atoms with Gasteiger partial charge in [-0.3, -0.25) is 0 Å². The zero-order valence-electron chi connectivity index (χ0n) is 14.3. The lowest BCUT2D eigenvalue weighted by molar-refractivity contribution is 0.292. The van der Waals surface area contributed by atoms with Gasteiger partial charge in [0.1, 0.15) is 0 Å². The number of nitrogens with two attached hydrogens (primary N) is 1. The van der Waals surface area contributed by atoms with Crippen LogP contribution in [0, 0.1) is 0 Å². The molecule has 1 atom stereocenters. The Bertz CT molecular complexity index is 481. The highest BCUT2D eigenvalue weighted by Gasteiger charge is 2.09. The van der Waals surface area contributed by atoms with Gasteiger partial charge in [0.15, 0.2) is 0 Å². The van der Waals surface area contributed by atoms with E-state index >= 15 is 0 Å². The number of hydrogen-bond donors (Lipinski definition) is 2. The van der Waals surface area contributed by atoms with Crippen molar-refractivity contribution in [2.24, 2.45) is 0 Å². The summed E-state index contributed by atoms with van der Waals surface area (Å²) in [6, 6.07) is 6.07. The Morgan fingerprint density at radius 2 is 2.05 bits per heavy atom. The van der Waals surface area contributed by atoms with Crippen molar-refractivity contribution in [3.8, 4) is 0 Å². The molecule has 0 aliphatic carbocycles. The Morgan fingerprint density at radius 3 is 2.59 bits per heavy atom. The van der Waals surface area contributed by atoms with E-state index in [1.807, 2.05) is 19.1 Å². The molecule has 0 aliphatic rings. The van der Waals surface area contributed by atoms with Crippen LogP contribution in [0.1, 0.15) is 46.1 Å². The van der Waals surface area contributed by atoms with Crippen LogP contribution in [0.25, 0.3) is 5.70 Å². The van der Waals surface area contributed by atoms with Crippen molar-refractivity contribution in [3.05, 3.63) is 34.9 Å². The molecule has 0 radical (unpaired) electrons. The Morgan fingerprint density at radius 1 is 1.36 bits per heavy atom. The Balaban J connectivity index is 2.55. The summed E-state index contributed by atoms with van der Waals surface area (Å²) < 4.78 is 0. The number of anilines is 1. The lowest BCUT2D eigenvalue weighted by atomic mass is 10.1. The van der Waals surface area contributed by atoms with Crippen LogP contribution in [-0.4, -0.2) is 30.6 Å². The van der Waals surface area contributed by atoms with E-state index in [0.29, 0.717) is 16.8 Å². The van der Waals surface area contributed by atoms with E-state index in [9.17, 15) is 0 Å². The van der Waals surface area contributed by atoms with Gasteiger partial charge in [-0.15, -0.1) is 0 Å². The number of nitrogen functional groups attached to an aromatic ring is 1. The molecule has 0 amide bonds. The fraction of sp³-hybridized carbons (Fsp3) is 0.556. The van der Waals surface area contributed by atoms with E-state index in [0.717, 1.165) is 37.3 Å². The van der Waals surface area contributed by atoms with Gasteiger partial charge in [0.25, 0.3) is 0 Å². The van der Waals surface area contributed by atoms with Gasteiger partial charge >= 0.3 is 0 Å². The van der Waals surface area contributed by atoms with Gasteiger partial charge in [-0.05, 0) is 64.5 Å². The number of nitrogens with one attached hydrogen (secondary N) is 1. The predicted molar refractivity (Wildman–Crippen MR) is 99.1 cm³/mol. The minimum atomic E-state index is 0.414. The number of hydrogen-bond acceptors (Lipinski definition) is 3. The monoisotopic (exact) mass is 323 g/mol. The lowest BCUT2D eigenvalue weighted by Crippen LogP contribution is -2.28. The van der Waals surface area contributed by atoms with E-state index in [1.54, 1.807) is 6.07 Å². The quantitative estimate of drug-likeness (QED) is 0.662. The van der Waals surface area contributed by atoms with Gasteiger partial charge in [-0.2, -0.15) is 0 Å². The van der Waals surface area contributed by atoms with Crippen LogP contribution in [-0.2, 0) is 0 Å². The first-order valence-electron chi connectivity index (χ1n) is 8.22. The number of halogens is 1. The molecule has 0 spiro atoms. The summed E-state index contributed by atoms with van der Waals surface area (Å²) in [6.07, 6.45) is 4.41. The topological polar surface area (TPSA) is 41.3 Å². The highest BCUT2D eigenvalue weighted by atomic mass is 35.5.